The first-order valence-electron chi connectivity index (χ1n) is 7.75. The third kappa shape index (κ3) is 4.19. The molecule has 1 aromatic carbocycles. The normalized spacial score (nSPS) is 10.3. The van der Waals surface area contributed by atoms with Crippen molar-refractivity contribution >= 4 is 11.6 Å². The number of benzene rings is 1. The molecule has 0 spiro atoms. The standard InChI is InChI=1S/C18H18N4O2/c23-17(10-5-14-24-15-7-2-1-3-8-15)21-16-9-4-11-19-18(16)22-13-6-12-20-22/h1-4,6-9,11-13H,5,10,14H2,(H,21,23). The van der Waals surface area contributed by atoms with Crippen LogP contribution in [-0.2, 0) is 4.79 Å². The van der Waals surface area contributed by atoms with Crippen LogP contribution in [0.1, 0.15) is 12.8 Å². The maximum atomic E-state index is 12.1. The predicted molar refractivity (Wildman–Crippen MR) is 91.2 cm³/mol. The molecule has 2 aromatic heterocycles. The van der Waals surface area contributed by atoms with Crippen LogP contribution >= 0.6 is 0 Å². The molecule has 6 heteroatoms. The third-order valence-corrected chi connectivity index (χ3v) is 3.34. The number of nitrogens with zero attached hydrogens (tertiary/aromatic N) is 3. The van der Waals surface area contributed by atoms with E-state index >= 15 is 0 Å². The molecule has 0 aliphatic rings. The molecule has 0 aliphatic heterocycles. The lowest BCUT2D eigenvalue weighted by Gasteiger charge is -2.10. The van der Waals surface area contributed by atoms with Gasteiger partial charge >= 0.3 is 0 Å². The zero-order valence-corrected chi connectivity index (χ0v) is 13.1. The smallest absolute Gasteiger partial charge is 0.224 e. The molecule has 3 rings (SSSR count). The Morgan fingerprint density at radius 1 is 1.08 bits per heavy atom. The summed E-state index contributed by atoms with van der Waals surface area (Å²) in [7, 11) is 0. The Morgan fingerprint density at radius 2 is 1.96 bits per heavy atom. The van der Waals surface area contributed by atoms with Crippen LogP contribution in [0.5, 0.6) is 5.75 Å². The van der Waals surface area contributed by atoms with Crippen molar-refractivity contribution in [2.45, 2.75) is 12.8 Å². The van der Waals surface area contributed by atoms with Gasteiger partial charge in [-0.25, -0.2) is 9.67 Å². The topological polar surface area (TPSA) is 69.0 Å². The highest BCUT2D eigenvalue weighted by molar-refractivity contribution is 5.92. The van der Waals surface area contributed by atoms with E-state index in [0.717, 1.165) is 5.75 Å². The number of amides is 1. The summed E-state index contributed by atoms with van der Waals surface area (Å²) in [5, 5.41) is 7.03. The molecule has 1 amide bonds. The summed E-state index contributed by atoms with van der Waals surface area (Å²) in [6, 6.07) is 15.0. The first-order chi connectivity index (χ1) is 11.8. The van der Waals surface area contributed by atoms with Crippen LogP contribution in [-0.4, -0.2) is 27.3 Å². The minimum absolute atomic E-state index is 0.0759. The van der Waals surface area contributed by atoms with Gasteiger partial charge in [0.1, 0.15) is 5.75 Å². The van der Waals surface area contributed by atoms with Crippen molar-refractivity contribution in [1.29, 1.82) is 0 Å². The number of hydrogen-bond donors (Lipinski definition) is 1. The largest absolute Gasteiger partial charge is 0.494 e. The van der Waals surface area contributed by atoms with Crippen LogP contribution in [0.25, 0.3) is 5.82 Å². The van der Waals surface area contributed by atoms with Gasteiger partial charge in [-0.15, -0.1) is 0 Å². The molecule has 1 N–H and O–H groups in total. The molecule has 0 bridgehead atoms. The van der Waals surface area contributed by atoms with Gasteiger partial charge in [0, 0.05) is 25.0 Å². The van der Waals surface area contributed by atoms with Crippen LogP contribution in [0.3, 0.4) is 0 Å². The van der Waals surface area contributed by atoms with Crippen LogP contribution in [0.4, 0.5) is 5.69 Å². The van der Waals surface area contributed by atoms with Crippen molar-refractivity contribution < 1.29 is 9.53 Å². The number of carbonyl (C=O) groups excluding carboxylic acids is 1. The summed E-state index contributed by atoms with van der Waals surface area (Å²) in [5.41, 5.74) is 0.634. The number of anilines is 1. The molecule has 0 saturated heterocycles. The molecule has 6 nitrogen and oxygen atoms in total. The molecule has 0 atom stereocenters. The zero-order chi connectivity index (χ0) is 16.6. The highest BCUT2D eigenvalue weighted by atomic mass is 16.5. The summed E-state index contributed by atoms with van der Waals surface area (Å²) in [6.45, 7) is 0.497. The van der Waals surface area contributed by atoms with E-state index < -0.39 is 0 Å². The molecule has 0 saturated carbocycles. The van der Waals surface area contributed by atoms with E-state index in [1.807, 2.05) is 36.4 Å². The fourth-order valence-electron chi connectivity index (χ4n) is 2.22. The fourth-order valence-corrected chi connectivity index (χ4v) is 2.22. The van der Waals surface area contributed by atoms with Gasteiger partial charge in [0.15, 0.2) is 5.82 Å². The maximum absolute atomic E-state index is 12.1. The third-order valence-electron chi connectivity index (χ3n) is 3.34. The second-order valence-corrected chi connectivity index (χ2v) is 5.14. The number of rotatable bonds is 7. The first kappa shape index (κ1) is 15.7. The van der Waals surface area contributed by atoms with Crippen molar-refractivity contribution in [2.75, 3.05) is 11.9 Å². The summed E-state index contributed by atoms with van der Waals surface area (Å²) in [6.07, 6.45) is 6.13. The minimum atomic E-state index is -0.0759. The lowest BCUT2D eigenvalue weighted by Crippen LogP contribution is -2.15. The highest BCUT2D eigenvalue weighted by Crippen LogP contribution is 2.16. The maximum Gasteiger partial charge on any atom is 0.224 e. The average molecular weight is 322 g/mol. The van der Waals surface area contributed by atoms with Crippen molar-refractivity contribution in [3.05, 3.63) is 67.1 Å². The van der Waals surface area contributed by atoms with Crippen LogP contribution < -0.4 is 10.1 Å². The van der Waals surface area contributed by atoms with E-state index in [1.165, 1.54) is 0 Å². The number of hydrogen-bond acceptors (Lipinski definition) is 4. The predicted octanol–water partition coefficient (Wildman–Crippen LogP) is 3.07. The van der Waals surface area contributed by atoms with Crippen molar-refractivity contribution in [3.63, 3.8) is 0 Å². The van der Waals surface area contributed by atoms with Crippen molar-refractivity contribution in [3.8, 4) is 11.6 Å². The number of para-hydroxylation sites is 1. The van der Waals surface area contributed by atoms with Crippen LogP contribution in [0.15, 0.2) is 67.1 Å². The fraction of sp³-hybridized carbons (Fsp3) is 0.167. The summed E-state index contributed by atoms with van der Waals surface area (Å²) >= 11 is 0. The molecule has 0 aliphatic carbocycles. The lowest BCUT2D eigenvalue weighted by molar-refractivity contribution is -0.116. The highest BCUT2D eigenvalue weighted by Gasteiger charge is 2.09. The molecule has 0 unspecified atom stereocenters. The molecule has 2 heterocycles. The Hall–Kier alpha value is -3.15. The number of aromatic nitrogens is 3. The number of pyridine rings is 1. The van der Waals surface area contributed by atoms with E-state index in [4.69, 9.17) is 4.74 Å². The first-order valence-corrected chi connectivity index (χ1v) is 7.75. The molecule has 3 aromatic rings. The van der Waals surface area contributed by atoms with E-state index in [-0.39, 0.29) is 5.91 Å². The second kappa shape index (κ2) is 7.92. The van der Waals surface area contributed by atoms with Crippen molar-refractivity contribution in [1.82, 2.24) is 14.8 Å². The van der Waals surface area contributed by atoms with Gasteiger partial charge in [-0.1, -0.05) is 18.2 Å². The molecule has 0 fully saturated rings. The summed E-state index contributed by atoms with van der Waals surface area (Å²) < 4.78 is 7.20. The van der Waals surface area contributed by atoms with Gasteiger partial charge in [-0.2, -0.15) is 5.10 Å². The molecule has 122 valence electrons. The van der Waals surface area contributed by atoms with Gasteiger partial charge in [0.25, 0.3) is 0 Å². The van der Waals surface area contributed by atoms with Crippen LogP contribution in [0.2, 0.25) is 0 Å². The summed E-state index contributed by atoms with van der Waals surface area (Å²) in [4.78, 5) is 16.4. The lowest BCUT2D eigenvalue weighted by atomic mass is 10.3. The number of nitrogens with one attached hydrogen (secondary N) is 1. The second-order valence-electron chi connectivity index (χ2n) is 5.14. The Labute approximate surface area is 140 Å². The van der Waals surface area contributed by atoms with Gasteiger partial charge in [0.2, 0.25) is 5.91 Å². The van der Waals surface area contributed by atoms with E-state index in [9.17, 15) is 4.79 Å². The molecular weight excluding hydrogens is 304 g/mol. The Kier molecular flexibility index (Phi) is 5.19. The Morgan fingerprint density at radius 3 is 2.75 bits per heavy atom. The quantitative estimate of drug-likeness (QED) is 0.679. The molecular formula is C18H18N4O2. The Balaban J connectivity index is 1.51. The van der Waals surface area contributed by atoms with Gasteiger partial charge in [0.05, 0.1) is 12.3 Å². The average Bonchev–Trinajstić information content (AvgIpc) is 3.15. The van der Waals surface area contributed by atoms with Crippen molar-refractivity contribution in [2.24, 2.45) is 0 Å². The Bertz CT molecular complexity index is 773. The minimum Gasteiger partial charge on any atom is -0.494 e. The van der Waals surface area contributed by atoms with Gasteiger partial charge in [-0.05, 0) is 36.8 Å². The van der Waals surface area contributed by atoms with Crippen LogP contribution in [0, 0.1) is 0 Å². The van der Waals surface area contributed by atoms with E-state index in [2.05, 4.69) is 15.4 Å². The van der Waals surface area contributed by atoms with E-state index in [1.54, 1.807) is 35.4 Å². The number of carbonyl (C=O) groups is 1. The van der Waals surface area contributed by atoms with Gasteiger partial charge in [-0.3, -0.25) is 4.79 Å². The molecule has 24 heavy (non-hydrogen) atoms. The monoisotopic (exact) mass is 322 g/mol. The van der Waals surface area contributed by atoms with Gasteiger partial charge < -0.3 is 10.1 Å². The molecule has 0 radical (unpaired) electrons. The zero-order valence-electron chi connectivity index (χ0n) is 13.1. The SMILES string of the molecule is O=C(CCCOc1ccccc1)Nc1cccnc1-n1cccn1. The van der Waals surface area contributed by atoms with E-state index in [0.29, 0.717) is 31.0 Å². The number of ether oxygens (including phenoxy) is 1. The summed E-state index contributed by atoms with van der Waals surface area (Å²) in [5.74, 6) is 1.33.